The summed E-state index contributed by atoms with van der Waals surface area (Å²) in [4.78, 5) is 1.31. The van der Waals surface area contributed by atoms with Crippen molar-refractivity contribution in [3.63, 3.8) is 0 Å². The molecule has 1 fully saturated rings. The van der Waals surface area contributed by atoms with Crippen molar-refractivity contribution in [2.24, 2.45) is 5.92 Å². The quantitative estimate of drug-likeness (QED) is 0.759. The van der Waals surface area contributed by atoms with Gasteiger partial charge in [-0.05, 0) is 42.8 Å². The van der Waals surface area contributed by atoms with E-state index in [-0.39, 0.29) is 6.10 Å². The molecule has 2 unspecified atom stereocenters. The lowest BCUT2D eigenvalue weighted by Gasteiger charge is -2.11. The number of aliphatic hydroxyl groups excluding tert-OH is 1. The molecule has 2 nitrogen and oxygen atoms in total. The van der Waals surface area contributed by atoms with Crippen LogP contribution in [-0.2, 0) is 6.42 Å². The molecule has 1 aromatic heterocycles. The summed E-state index contributed by atoms with van der Waals surface area (Å²) in [5.74, 6) is 0.491. The third-order valence-electron chi connectivity index (χ3n) is 2.57. The van der Waals surface area contributed by atoms with E-state index in [1.165, 1.54) is 17.7 Å². The minimum Gasteiger partial charge on any atom is -0.393 e. The van der Waals surface area contributed by atoms with Gasteiger partial charge in [-0.2, -0.15) is 0 Å². The predicted octanol–water partition coefficient (Wildman–Crippen LogP) is 1.85. The van der Waals surface area contributed by atoms with E-state index in [1.807, 2.05) is 6.20 Å². The van der Waals surface area contributed by atoms with Crippen molar-refractivity contribution in [2.75, 3.05) is 0 Å². The zero-order chi connectivity index (χ0) is 8.39. The monoisotopic (exact) mass is 183 g/mol. The van der Waals surface area contributed by atoms with Gasteiger partial charge in [0.1, 0.15) is 0 Å². The van der Waals surface area contributed by atoms with Crippen molar-refractivity contribution < 1.29 is 5.11 Å². The van der Waals surface area contributed by atoms with Crippen LogP contribution in [0.5, 0.6) is 0 Å². The first-order chi connectivity index (χ1) is 5.86. The van der Waals surface area contributed by atoms with Gasteiger partial charge in [0.2, 0.25) is 0 Å². The number of nitrogens with zero attached hydrogens (tertiary/aromatic N) is 1. The predicted molar refractivity (Wildman–Crippen MR) is 49.2 cm³/mol. The highest BCUT2D eigenvalue weighted by Gasteiger charge is 2.25. The highest BCUT2D eigenvalue weighted by atomic mass is 32.1. The molecule has 3 heteroatoms. The molecule has 0 aromatic carbocycles. The van der Waals surface area contributed by atoms with Crippen molar-refractivity contribution in [2.45, 2.75) is 31.8 Å². The first-order valence-electron chi connectivity index (χ1n) is 4.44. The van der Waals surface area contributed by atoms with Crippen LogP contribution >= 0.6 is 11.5 Å². The minimum absolute atomic E-state index is 0.0629. The Bertz CT molecular complexity index is 235. The van der Waals surface area contributed by atoms with Crippen molar-refractivity contribution in [3.8, 4) is 0 Å². The van der Waals surface area contributed by atoms with Gasteiger partial charge in [0.05, 0.1) is 6.10 Å². The Hall–Kier alpha value is -0.410. The largest absolute Gasteiger partial charge is 0.393 e. The first kappa shape index (κ1) is 8.20. The van der Waals surface area contributed by atoms with Gasteiger partial charge >= 0.3 is 0 Å². The van der Waals surface area contributed by atoms with Crippen LogP contribution in [0.2, 0.25) is 0 Å². The molecule has 66 valence electrons. The fraction of sp³-hybridized carbons (Fsp3) is 0.667. The lowest BCUT2D eigenvalue weighted by molar-refractivity contribution is 0.133. The molecule has 0 saturated heterocycles. The molecule has 1 N–H and O–H groups in total. The van der Waals surface area contributed by atoms with Crippen LogP contribution in [0, 0.1) is 5.92 Å². The Kier molecular flexibility index (Phi) is 2.42. The molecule has 1 saturated carbocycles. The number of aromatic nitrogens is 1. The topological polar surface area (TPSA) is 33.1 Å². The molecule has 2 atom stereocenters. The first-order valence-corrected chi connectivity index (χ1v) is 5.21. The van der Waals surface area contributed by atoms with Crippen molar-refractivity contribution in [1.29, 1.82) is 0 Å². The molecular formula is C9H13NOS. The summed E-state index contributed by atoms with van der Waals surface area (Å²) in [5.41, 5.74) is 0. The van der Waals surface area contributed by atoms with Crippen LogP contribution in [-0.4, -0.2) is 15.6 Å². The van der Waals surface area contributed by atoms with E-state index in [9.17, 15) is 5.11 Å². The highest BCUT2D eigenvalue weighted by molar-refractivity contribution is 7.05. The lowest BCUT2D eigenvalue weighted by atomic mass is 10.0. The number of hydrogen-bond donors (Lipinski definition) is 1. The summed E-state index contributed by atoms with van der Waals surface area (Å²) in [6, 6.07) is 2.05. The maximum atomic E-state index is 9.57. The Balaban J connectivity index is 1.95. The molecule has 2 rings (SSSR count). The van der Waals surface area contributed by atoms with Crippen molar-refractivity contribution >= 4 is 11.5 Å². The van der Waals surface area contributed by atoms with Crippen LogP contribution in [0.4, 0.5) is 0 Å². The van der Waals surface area contributed by atoms with E-state index in [4.69, 9.17) is 0 Å². The third kappa shape index (κ3) is 1.67. The molecule has 0 amide bonds. The van der Waals surface area contributed by atoms with Crippen LogP contribution in [0.3, 0.4) is 0 Å². The van der Waals surface area contributed by atoms with Crippen LogP contribution in [0.1, 0.15) is 24.1 Å². The number of aliphatic hydroxyl groups is 1. The summed E-state index contributed by atoms with van der Waals surface area (Å²) >= 11 is 1.55. The van der Waals surface area contributed by atoms with E-state index in [2.05, 4.69) is 10.4 Å². The van der Waals surface area contributed by atoms with Gasteiger partial charge in [0.25, 0.3) is 0 Å². The zero-order valence-corrected chi connectivity index (χ0v) is 7.76. The van der Waals surface area contributed by atoms with E-state index in [0.717, 1.165) is 12.8 Å². The van der Waals surface area contributed by atoms with Gasteiger partial charge in [-0.25, -0.2) is 4.37 Å². The molecule has 0 spiro atoms. The van der Waals surface area contributed by atoms with E-state index < -0.39 is 0 Å². The number of hydrogen-bond acceptors (Lipinski definition) is 3. The second-order valence-electron chi connectivity index (χ2n) is 3.44. The number of rotatable bonds is 2. The van der Waals surface area contributed by atoms with Crippen LogP contribution in [0.15, 0.2) is 12.3 Å². The summed E-state index contributed by atoms with van der Waals surface area (Å²) in [5, 5.41) is 9.57. The Morgan fingerprint density at radius 2 is 2.50 bits per heavy atom. The normalized spacial score (nSPS) is 29.4. The average Bonchev–Trinajstić information content (AvgIpc) is 2.65. The zero-order valence-electron chi connectivity index (χ0n) is 6.94. The molecule has 0 bridgehead atoms. The fourth-order valence-electron chi connectivity index (χ4n) is 1.86. The molecule has 1 heterocycles. The second kappa shape index (κ2) is 3.54. The summed E-state index contributed by atoms with van der Waals surface area (Å²) in [7, 11) is 0. The van der Waals surface area contributed by atoms with Crippen LogP contribution < -0.4 is 0 Å². The minimum atomic E-state index is -0.0629. The molecule has 12 heavy (non-hydrogen) atoms. The maximum Gasteiger partial charge on any atom is 0.0571 e. The average molecular weight is 183 g/mol. The van der Waals surface area contributed by atoms with E-state index in [1.54, 1.807) is 11.5 Å². The lowest BCUT2D eigenvalue weighted by Crippen LogP contribution is -2.14. The SMILES string of the molecule is OC1CCCC1Cc1ccns1. The van der Waals surface area contributed by atoms with Crippen molar-refractivity contribution in [1.82, 2.24) is 4.37 Å². The molecule has 0 aliphatic heterocycles. The molecule has 0 radical (unpaired) electrons. The van der Waals surface area contributed by atoms with Gasteiger partial charge in [0.15, 0.2) is 0 Å². The standard InChI is InChI=1S/C9H13NOS/c11-9-3-1-2-7(9)6-8-4-5-10-12-8/h4-5,7,9,11H,1-3,6H2. The smallest absolute Gasteiger partial charge is 0.0571 e. The van der Waals surface area contributed by atoms with Crippen molar-refractivity contribution in [3.05, 3.63) is 17.1 Å². The third-order valence-corrected chi connectivity index (χ3v) is 3.34. The Labute approximate surface area is 76.4 Å². The van der Waals surface area contributed by atoms with Gasteiger partial charge in [-0.15, -0.1) is 0 Å². The fourth-order valence-corrected chi connectivity index (χ4v) is 2.53. The summed E-state index contributed by atoms with van der Waals surface area (Å²) in [6.45, 7) is 0. The van der Waals surface area contributed by atoms with Crippen LogP contribution in [0.25, 0.3) is 0 Å². The molecular weight excluding hydrogens is 170 g/mol. The molecule has 1 aliphatic rings. The van der Waals surface area contributed by atoms with Gasteiger partial charge < -0.3 is 5.11 Å². The Morgan fingerprint density at radius 3 is 3.08 bits per heavy atom. The summed E-state index contributed by atoms with van der Waals surface area (Å²) < 4.78 is 4.05. The van der Waals surface area contributed by atoms with Gasteiger partial charge in [0, 0.05) is 11.1 Å². The van der Waals surface area contributed by atoms with E-state index >= 15 is 0 Å². The summed E-state index contributed by atoms with van der Waals surface area (Å²) in [6.07, 6.45) is 6.15. The second-order valence-corrected chi connectivity index (χ2v) is 4.36. The molecule has 1 aliphatic carbocycles. The Morgan fingerprint density at radius 1 is 1.58 bits per heavy atom. The maximum absolute atomic E-state index is 9.57. The highest BCUT2D eigenvalue weighted by Crippen LogP contribution is 2.29. The molecule has 1 aromatic rings. The van der Waals surface area contributed by atoms with Gasteiger partial charge in [-0.3, -0.25) is 0 Å². The van der Waals surface area contributed by atoms with E-state index in [0.29, 0.717) is 5.92 Å². The van der Waals surface area contributed by atoms with Gasteiger partial charge in [-0.1, -0.05) is 6.42 Å².